The number of nitrogens with one attached hydrogen (secondary N) is 1. The summed E-state index contributed by atoms with van der Waals surface area (Å²) < 4.78 is 0. The first-order valence-electron chi connectivity index (χ1n) is 6.56. The molecule has 0 aliphatic carbocycles. The van der Waals surface area contributed by atoms with Gasteiger partial charge in [-0.15, -0.1) is 0 Å². The normalized spacial score (nSPS) is 16.9. The van der Waals surface area contributed by atoms with E-state index in [0.29, 0.717) is 0 Å². The van der Waals surface area contributed by atoms with E-state index in [1.807, 2.05) is 18.7 Å². The van der Waals surface area contributed by atoms with Gasteiger partial charge in [0.25, 0.3) is 0 Å². The summed E-state index contributed by atoms with van der Waals surface area (Å²) in [5, 5.41) is 15.4. The summed E-state index contributed by atoms with van der Waals surface area (Å²) in [6.45, 7) is 5.26. The Hall–Kier alpha value is -1.85. The van der Waals surface area contributed by atoms with Crippen LogP contribution in [0.3, 0.4) is 0 Å². The second-order valence-corrected chi connectivity index (χ2v) is 5.27. The van der Waals surface area contributed by atoms with E-state index in [2.05, 4.69) is 10.2 Å². The summed E-state index contributed by atoms with van der Waals surface area (Å²) in [5.41, 5.74) is 0.907. The number of rotatable bonds is 3. The minimum atomic E-state index is -1.02. The number of likely N-dealkylation sites (tertiary alicyclic amines) is 1. The molecule has 1 fully saturated rings. The fourth-order valence-electron chi connectivity index (χ4n) is 2.43. The molecule has 0 spiro atoms. The number of amides is 1. The summed E-state index contributed by atoms with van der Waals surface area (Å²) >= 11 is 0. The van der Waals surface area contributed by atoms with E-state index in [4.69, 9.17) is 5.11 Å². The highest BCUT2D eigenvalue weighted by atomic mass is 16.4. The van der Waals surface area contributed by atoms with Gasteiger partial charge in [0.1, 0.15) is 0 Å². The molecule has 6 heteroatoms. The van der Waals surface area contributed by atoms with Crippen LogP contribution in [0.4, 0.5) is 0 Å². The predicted molar refractivity (Wildman–Crippen MR) is 68.9 cm³/mol. The number of piperidine rings is 1. The molecule has 0 atom stereocenters. The summed E-state index contributed by atoms with van der Waals surface area (Å²) in [4.78, 5) is 24.5. The lowest BCUT2D eigenvalue weighted by molar-refractivity contribution is -0.135. The lowest BCUT2D eigenvalue weighted by Gasteiger charge is -2.32. The average molecular weight is 265 g/mol. The maximum Gasteiger partial charge on any atom is 0.356 e. The molecule has 0 radical (unpaired) electrons. The molecule has 1 aliphatic rings. The molecule has 1 aromatic heterocycles. The molecule has 1 aromatic rings. The Morgan fingerprint density at radius 2 is 2.05 bits per heavy atom. The standard InChI is InChI=1S/C13H19N3O3/c1-8(2)12(17)16-5-3-9(4-6-16)10-7-11(13(18)19)15-14-10/h7-9H,3-6H2,1-2H3,(H,14,15)(H,18,19). The number of carbonyl (C=O) groups excluding carboxylic acids is 1. The van der Waals surface area contributed by atoms with Crippen molar-refractivity contribution < 1.29 is 14.7 Å². The topological polar surface area (TPSA) is 86.3 Å². The van der Waals surface area contributed by atoms with Crippen molar-refractivity contribution in [2.24, 2.45) is 5.92 Å². The predicted octanol–water partition coefficient (Wildman–Crippen LogP) is 1.47. The number of nitrogens with zero attached hydrogens (tertiary/aromatic N) is 2. The Bertz CT molecular complexity index is 473. The minimum Gasteiger partial charge on any atom is -0.476 e. The molecule has 0 aromatic carbocycles. The summed E-state index contributed by atoms with van der Waals surface area (Å²) in [7, 11) is 0. The number of carboxylic acid groups (broad SMARTS) is 1. The highest BCUT2D eigenvalue weighted by molar-refractivity contribution is 5.85. The van der Waals surface area contributed by atoms with Crippen LogP contribution in [0.1, 0.15) is 48.8 Å². The van der Waals surface area contributed by atoms with Crippen LogP contribution in [0, 0.1) is 5.92 Å². The Kier molecular flexibility index (Phi) is 3.87. The van der Waals surface area contributed by atoms with Crippen LogP contribution in [-0.4, -0.2) is 45.2 Å². The second kappa shape index (κ2) is 5.42. The number of aromatic nitrogens is 2. The minimum absolute atomic E-state index is 0.0299. The largest absolute Gasteiger partial charge is 0.476 e. The van der Waals surface area contributed by atoms with Gasteiger partial charge in [0, 0.05) is 30.6 Å². The molecular weight excluding hydrogens is 246 g/mol. The molecule has 104 valence electrons. The van der Waals surface area contributed by atoms with Gasteiger partial charge in [-0.05, 0) is 18.9 Å². The van der Waals surface area contributed by atoms with E-state index in [0.717, 1.165) is 31.6 Å². The highest BCUT2D eigenvalue weighted by Crippen LogP contribution is 2.27. The summed E-state index contributed by atoms with van der Waals surface area (Å²) in [5.74, 6) is -0.539. The van der Waals surface area contributed by atoms with E-state index in [1.54, 1.807) is 6.07 Å². The number of aromatic carboxylic acids is 1. The fourth-order valence-corrected chi connectivity index (χ4v) is 2.43. The Labute approximate surface area is 111 Å². The van der Waals surface area contributed by atoms with Gasteiger partial charge in [-0.2, -0.15) is 5.10 Å². The zero-order valence-electron chi connectivity index (χ0n) is 11.2. The number of carbonyl (C=O) groups is 2. The molecule has 1 aliphatic heterocycles. The first kappa shape index (κ1) is 13.6. The van der Waals surface area contributed by atoms with Crippen LogP contribution in [0.5, 0.6) is 0 Å². The molecular formula is C13H19N3O3. The van der Waals surface area contributed by atoms with Gasteiger partial charge in [-0.25, -0.2) is 4.79 Å². The Morgan fingerprint density at radius 3 is 2.53 bits per heavy atom. The lowest BCUT2D eigenvalue weighted by Crippen LogP contribution is -2.40. The maximum atomic E-state index is 11.9. The fraction of sp³-hybridized carbons (Fsp3) is 0.615. The molecule has 0 bridgehead atoms. The van der Waals surface area contributed by atoms with Crippen LogP contribution < -0.4 is 0 Å². The monoisotopic (exact) mass is 265 g/mol. The van der Waals surface area contributed by atoms with Crippen LogP contribution in [0.2, 0.25) is 0 Å². The van der Waals surface area contributed by atoms with Crippen molar-refractivity contribution in [1.82, 2.24) is 15.1 Å². The van der Waals surface area contributed by atoms with Crippen molar-refractivity contribution >= 4 is 11.9 Å². The van der Waals surface area contributed by atoms with Gasteiger partial charge in [0.2, 0.25) is 5.91 Å². The molecule has 2 N–H and O–H groups in total. The third kappa shape index (κ3) is 2.94. The molecule has 1 saturated heterocycles. The molecule has 19 heavy (non-hydrogen) atoms. The lowest BCUT2D eigenvalue weighted by atomic mass is 9.93. The first-order valence-corrected chi connectivity index (χ1v) is 6.56. The summed E-state index contributed by atoms with van der Waals surface area (Å²) in [6, 6.07) is 1.59. The SMILES string of the molecule is CC(C)C(=O)N1CCC(c2cc(C(=O)O)n[nH]2)CC1. The Morgan fingerprint density at radius 1 is 1.42 bits per heavy atom. The Balaban J connectivity index is 1.96. The second-order valence-electron chi connectivity index (χ2n) is 5.27. The zero-order valence-corrected chi connectivity index (χ0v) is 11.2. The van der Waals surface area contributed by atoms with Crippen LogP contribution in [-0.2, 0) is 4.79 Å². The number of hydrogen-bond donors (Lipinski definition) is 2. The number of hydrogen-bond acceptors (Lipinski definition) is 3. The van der Waals surface area contributed by atoms with Gasteiger partial charge in [-0.1, -0.05) is 13.8 Å². The third-order valence-electron chi connectivity index (χ3n) is 3.56. The van der Waals surface area contributed by atoms with Gasteiger partial charge in [-0.3, -0.25) is 9.89 Å². The van der Waals surface area contributed by atoms with E-state index in [9.17, 15) is 9.59 Å². The van der Waals surface area contributed by atoms with Gasteiger partial charge in [0.05, 0.1) is 0 Å². The van der Waals surface area contributed by atoms with E-state index < -0.39 is 5.97 Å². The van der Waals surface area contributed by atoms with Crippen molar-refractivity contribution in [3.63, 3.8) is 0 Å². The van der Waals surface area contributed by atoms with Crippen molar-refractivity contribution in [2.45, 2.75) is 32.6 Å². The molecule has 2 rings (SSSR count). The third-order valence-corrected chi connectivity index (χ3v) is 3.56. The maximum absolute atomic E-state index is 11.9. The van der Waals surface area contributed by atoms with Crippen molar-refractivity contribution in [2.75, 3.05) is 13.1 Å². The average Bonchev–Trinajstić information content (AvgIpc) is 2.87. The first-order chi connectivity index (χ1) is 8.99. The van der Waals surface area contributed by atoms with Gasteiger partial charge in [0.15, 0.2) is 5.69 Å². The molecule has 0 saturated carbocycles. The molecule has 6 nitrogen and oxygen atoms in total. The van der Waals surface area contributed by atoms with Crippen molar-refractivity contribution in [3.8, 4) is 0 Å². The van der Waals surface area contributed by atoms with Crippen molar-refractivity contribution in [1.29, 1.82) is 0 Å². The highest BCUT2D eigenvalue weighted by Gasteiger charge is 2.26. The van der Waals surface area contributed by atoms with Crippen LogP contribution >= 0.6 is 0 Å². The van der Waals surface area contributed by atoms with Crippen molar-refractivity contribution in [3.05, 3.63) is 17.5 Å². The molecule has 2 heterocycles. The molecule has 1 amide bonds. The van der Waals surface area contributed by atoms with Gasteiger partial charge < -0.3 is 10.0 Å². The number of aromatic amines is 1. The molecule has 0 unspecified atom stereocenters. The number of H-pyrrole nitrogens is 1. The van der Waals surface area contributed by atoms with Gasteiger partial charge >= 0.3 is 5.97 Å². The quantitative estimate of drug-likeness (QED) is 0.866. The van der Waals surface area contributed by atoms with Crippen LogP contribution in [0.15, 0.2) is 6.07 Å². The van der Waals surface area contributed by atoms with E-state index >= 15 is 0 Å². The summed E-state index contributed by atoms with van der Waals surface area (Å²) in [6.07, 6.45) is 1.69. The van der Waals surface area contributed by atoms with E-state index in [1.165, 1.54) is 0 Å². The van der Waals surface area contributed by atoms with Crippen LogP contribution in [0.25, 0.3) is 0 Å². The smallest absolute Gasteiger partial charge is 0.356 e. The van der Waals surface area contributed by atoms with E-state index in [-0.39, 0.29) is 23.4 Å². The number of carboxylic acids is 1. The zero-order chi connectivity index (χ0) is 14.0.